The van der Waals surface area contributed by atoms with Gasteiger partial charge in [0.1, 0.15) is 6.04 Å². The van der Waals surface area contributed by atoms with Crippen LogP contribution >= 0.6 is 0 Å². The van der Waals surface area contributed by atoms with Crippen molar-refractivity contribution in [3.8, 4) is 0 Å². The van der Waals surface area contributed by atoms with E-state index < -0.39 is 6.04 Å². The highest BCUT2D eigenvalue weighted by atomic mass is 16.2. The number of anilines is 2. The van der Waals surface area contributed by atoms with Crippen LogP contribution in [0.1, 0.15) is 11.6 Å². The maximum absolute atomic E-state index is 12.1. The summed E-state index contributed by atoms with van der Waals surface area (Å²) in [5.74, 6) is -0.214. The van der Waals surface area contributed by atoms with Gasteiger partial charge in [-0.15, -0.1) is 0 Å². The van der Waals surface area contributed by atoms with Gasteiger partial charge in [-0.05, 0) is 29.8 Å². The highest BCUT2D eigenvalue weighted by Gasteiger charge is 2.15. The van der Waals surface area contributed by atoms with Crippen molar-refractivity contribution in [3.05, 3.63) is 60.2 Å². The average Bonchev–Trinajstić information content (AvgIpc) is 2.48. The lowest BCUT2D eigenvalue weighted by molar-refractivity contribution is -0.117. The molecule has 0 radical (unpaired) electrons. The SMILES string of the molecule is CN(C)c1ccc(NC(=O)[C@@H](N)c2ccccc2)cc1. The number of rotatable bonds is 4. The lowest BCUT2D eigenvalue weighted by atomic mass is 10.1. The monoisotopic (exact) mass is 269 g/mol. The molecular formula is C16H19N3O. The largest absolute Gasteiger partial charge is 0.378 e. The summed E-state index contributed by atoms with van der Waals surface area (Å²) in [6.45, 7) is 0. The van der Waals surface area contributed by atoms with Crippen LogP contribution in [0.3, 0.4) is 0 Å². The molecule has 0 fully saturated rings. The molecule has 20 heavy (non-hydrogen) atoms. The van der Waals surface area contributed by atoms with Crippen LogP contribution in [-0.2, 0) is 4.79 Å². The summed E-state index contributed by atoms with van der Waals surface area (Å²) < 4.78 is 0. The van der Waals surface area contributed by atoms with E-state index >= 15 is 0 Å². The number of hydrogen-bond acceptors (Lipinski definition) is 3. The van der Waals surface area contributed by atoms with Gasteiger partial charge in [0.05, 0.1) is 0 Å². The molecule has 0 saturated heterocycles. The number of nitrogens with two attached hydrogens (primary N) is 1. The predicted molar refractivity (Wildman–Crippen MR) is 82.8 cm³/mol. The van der Waals surface area contributed by atoms with Crippen molar-refractivity contribution in [1.82, 2.24) is 0 Å². The van der Waals surface area contributed by atoms with Gasteiger partial charge in [0.25, 0.3) is 0 Å². The van der Waals surface area contributed by atoms with E-state index in [1.807, 2.05) is 73.6 Å². The molecule has 2 aromatic rings. The summed E-state index contributed by atoms with van der Waals surface area (Å²) >= 11 is 0. The zero-order valence-corrected chi connectivity index (χ0v) is 11.7. The molecule has 0 heterocycles. The van der Waals surface area contributed by atoms with Gasteiger partial charge < -0.3 is 16.0 Å². The van der Waals surface area contributed by atoms with Crippen LogP contribution in [-0.4, -0.2) is 20.0 Å². The molecule has 4 nitrogen and oxygen atoms in total. The Labute approximate surface area is 119 Å². The van der Waals surface area contributed by atoms with Crippen molar-refractivity contribution in [2.24, 2.45) is 5.73 Å². The van der Waals surface area contributed by atoms with E-state index in [4.69, 9.17) is 5.73 Å². The van der Waals surface area contributed by atoms with Crippen LogP contribution in [0.15, 0.2) is 54.6 Å². The molecule has 0 saturated carbocycles. The van der Waals surface area contributed by atoms with Gasteiger partial charge in [-0.1, -0.05) is 30.3 Å². The second-order valence-electron chi connectivity index (χ2n) is 4.82. The third-order valence-electron chi connectivity index (χ3n) is 3.09. The summed E-state index contributed by atoms with van der Waals surface area (Å²) in [5.41, 5.74) is 8.57. The van der Waals surface area contributed by atoms with Gasteiger partial charge in [-0.3, -0.25) is 4.79 Å². The molecule has 2 rings (SSSR count). The summed E-state index contributed by atoms with van der Waals surface area (Å²) in [4.78, 5) is 14.1. The second kappa shape index (κ2) is 6.21. The maximum Gasteiger partial charge on any atom is 0.245 e. The van der Waals surface area contributed by atoms with Crippen molar-refractivity contribution in [3.63, 3.8) is 0 Å². The fourth-order valence-corrected chi connectivity index (χ4v) is 1.87. The molecule has 4 heteroatoms. The molecule has 1 amide bonds. The van der Waals surface area contributed by atoms with Gasteiger partial charge in [-0.2, -0.15) is 0 Å². The number of hydrogen-bond donors (Lipinski definition) is 2. The van der Waals surface area contributed by atoms with Crippen LogP contribution in [0.25, 0.3) is 0 Å². The summed E-state index contributed by atoms with van der Waals surface area (Å²) in [7, 11) is 3.94. The van der Waals surface area contributed by atoms with Gasteiger partial charge in [0.2, 0.25) is 5.91 Å². The van der Waals surface area contributed by atoms with E-state index in [9.17, 15) is 4.79 Å². The first-order valence-electron chi connectivity index (χ1n) is 6.46. The second-order valence-corrected chi connectivity index (χ2v) is 4.82. The Balaban J connectivity index is 2.04. The van der Waals surface area contributed by atoms with Crippen molar-refractivity contribution >= 4 is 17.3 Å². The molecule has 0 aromatic heterocycles. The Hall–Kier alpha value is -2.33. The topological polar surface area (TPSA) is 58.4 Å². The number of nitrogens with one attached hydrogen (secondary N) is 1. The Morgan fingerprint density at radius 1 is 1.05 bits per heavy atom. The number of carbonyl (C=O) groups is 1. The number of benzene rings is 2. The summed E-state index contributed by atoms with van der Waals surface area (Å²) in [5, 5.41) is 2.82. The smallest absolute Gasteiger partial charge is 0.245 e. The Morgan fingerprint density at radius 2 is 1.65 bits per heavy atom. The normalized spacial score (nSPS) is 11.8. The standard InChI is InChI=1S/C16H19N3O/c1-19(2)14-10-8-13(9-11-14)18-16(20)15(17)12-6-4-3-5-7-12/h3-11,15H,17H2,1-2H3,(H,18,20)/t15-/m0/s1. The molecule has 104 valence electrons. The molecule has 0 unspecified atom stereocenters. The van der Waals surface area contributed by atoms with Gasteiger partial charge in [-0.25, -0.2) is 0 Å². The molecule has 0 aliphatic rings. The lowest BCUT2D eigenvalue weighted by Crippen LogP contribution is -2.27. The third kappa shape index (κ3) is 3.36. The fourth-order valence-electron chi connectivity index (χ4n) is 1.87. The van der Waals surface area contributed by atoms with Crippen LogP contribution in [0.5, 0.6) is 0 Å². The van der Waals surface area contributed by atoms with Crippen LogP contribution in [0, 0.1) is 0 Å². The average molecular weight is 269 g/mol. The van der Waals surface area contributed by atoms with Crippen LogP contribution in [0.2, 0.25) is 0 Å². The molecular weight excluding hydrogens is 250 g/mol. The van der Waals surface area contributed by atoms with Crippen LogP contribution < -0.4 is 16.0 Å². The van der Waals surface area contributed by atoms with Crippen molar-refractivity contribution < 1.29 is 4.79 Å². The highest BCUT2D eigenvalue weighted by molar-refractivity contribution is 5.95. The molecule has 0 spiro atoms. The number of carbonyl (C=O) groups excluding carboxylic acids is 1. The zero-order valence-electron chi connectivity index (χ0n) is 11.7. The van der Waals surface area contributed by atoms with Crippen molar-refractivity contribution in [2.45, 2.75) is 6.04 Å². The molecule has 0 aliphatic heterocycles. The highest BCUT2D eigenvalue weighted by Crippen LogP contribution is 2.17. The van der Waals surface area contributed by atoms with Gasteiger partial charge in [0.15, 0.2) is 0 Å². The lowest BCUT2D eigenvalue weighted by Gasteiger charge is -2.15. The van der Waals surface area contributed by atoms with Gasteiger partial charge in [0, 0.05) is 25.5 Å². The molecule has 1 atom stereocenters. The minimum absolute atomic E-state index is 0.214. The molecule has 0 aliphatic carbocycles. The quantitative estimate of drug-likeness (QED) is 0.896. The van der Waals surface area contributed by atoms with E-state index in [2.05, 4.69) is 5.32 Å². The zero-order chi connectivity index (χ0) is 14.5. The van der Waals surface area contributed by atoms with E-state index in [1.54, 1.807) is 0 Å². The third-order valence-corrected chi connectivity index (χ3v) is 3.09. The number of nitrogens with zero attached hydrogens (tertiary/aromatic N) is 1. The summed E-state index contributed by atoms with van der Waals surface area (Å²) in [6, 6.07) is 16.3. The maximum atomic E-state index is 12.1. The minimum Gasteiger partial charge on any atom is -0.378 e. The van der Waals surface area contributed by atoms with Crippen molar-refractivity contribution in [1.29, 1.82) is 0 Å². The first kappa shape index (κ1) is 14.1. The van der Waals surface area contributed by atoms with E-state index in [1.165, 1.54) is 0 Å². The molecule has 2 aromatic carbocycles. The predicted octanol–water partition coefficient (Wildman–Crippen LogP) is 2.39. The molecule has 3 N–H and O–H groups in total. The fraction of sp³-hybridized carbons (Fsp3) is 0.188. The van der Waals surface area contributed by atoms with Gasteiger partial charge >= 0.3 is 0 Å². The van der Waals surface area contributed by atoms with E-state index in [0.29, 0.717) is 0 Å². The van der Waals surface area contributed by atoms with E-state index in [0.717, 1.165) is 16.9 Å². The molecule has 0 bridgehead atoms. The van der Waals surface area contributed by atoms with E-state index in [-0.39, 0.29) is 5.91 Å². The number of amides is 1. The Bertz CT molecular complexity index is 564. The first-order chi connectivity index (χ1) is 9.58. The van der Waals surface area contributed by atoms with Crippen molar-refractivity contribution in [2.75, 3.05) is 24.3 Å². The van der Waals surface area contributed by atoms with Crippen LogP contribution in [0.4, 0.5) is 11.4 Å². The summed E-state index contributed by atoms with van der Waals surface area (Å²) in [6.07, 6.45) is 0. The minimum atomic E-state index is -0.662. The Kier molecular flexibility index (Phi) is 4.38. The first-order valence-corrected chi connectivity index (χ1v) is 6.46. The Morgan fingerprint density at radius 3 is 2.20 bits per heavy atom.